The van der Waals surface area contributed by atoms with Gasteiger partial charge in [0.05, 0.1) is 31.3 Å². The maximum absolute atomic E-state index is 13.1. The number of sulfonamides is 1. The summed E-state index contributed by atoms with van der Waals surface area (Å²) in [6.07, 6.45) is -2.58. The molecule has 0 spiro atoms. The number of hydrazine groups is 1. The molecule has 0 aliphatic carbocycles. The Kier molecular flexibility index (Phi) is 10.5. The second-order valence-corrected chi connectivity index (χ2v) is 11.9. The van der Waals surface area contributed by atoms with Crippen molar-refractivity contribution in [1.29, 1.82) is 0 Å². The Morgan fingerprint density at radius 1 is 0.667 bits per heavy atom. The lowest BCUT2D eigenvalue weighted by Crippen LogP contribution is -2.51. The highest BCUT2D eigenvalue weighted by Crippen LogP contribution is 2.28. The Labute approximate surface area is 247 Å². The van der Waals surface area contributed by atoms with Crippen LogP contribution in [0.25, 0.3) is 0 Å². The molecule has 9 heteroatoms. The molecule has 8 nitrogen and oxygen atoms in total. The van der Waals surface area contributed by atoms with E-state index in [0.717, 1.165) is 22.3 Å². The van der Waals surface area contributed by atoms with E-state index in [1.807, 2.05) is 97.9 Å². The standard InChI is InChI=1S/C33H36N2O6S/c1-25-17-19-29(20-18-25)42(36,37)35-34-33-32(40-23-28-15-9-4-10-16-28)31(39-22-27-13-7-3-8-14-27)30(41-33)24-38-21-26-11-5-2-6-12-26/h2-20,30-35H,21-24H2,1H3/t30-,31-,32+,33+/m1/s1. The molecule has 4 aromatic rings. The lowest BCUT2D eigenvalue weighted by Gasteiger charge is -2.25. The quantitative estimate of drug-likeness (QED) is 0.203. The summed E-state index contributed by atoms with van der Waals surface area (Å²) in [6.45, 7) is 3.15. The van der Waals surface area contributed by atoms with Crippen LogP contribution >= 0.6 is 0 Å². The molecule has 1 saturated heterocycles. The van der Waals surface area contributed by atoms with Gasteiger partial charge in [-0.2, -0.15) is 0 Å². The van der Waals surface area contributed by atoms with E-state index in [0.29, 0.717) is 19.8 Å². The Balaban J connectivity index is 1.34. The number of hydrogen-bond donors (Lipinski definition) is 2. The van der Waals surface area contributed by atoms with Gasteiger partial charge in [0.1, 0.15) is 18.3 Å². The molecule has 5 rings (SSSR count). The van der Waals surface area contributed by atoms with E-state index in [2.05, 4.69) is 10.3 Å². The van der Waals surface area contributed by atoms with Gasteiger partial charge in [-0.15, -0.1) is 4.83 Å². The molecule has 1 aliphatic rings. The minimum absolute atomic E-state index is 0.139. The minimum Gasteiger partial charge on any atom is -0.374 e. The molecular formula is C33H36N2O6S. The van der Waals surface area contributed by atoms with E-state index in [4.69, 9.17) is 18.9 Å². The molecule has 1 heterocycles. The number of benzene rings is 4. The van der Waals surface area contributed by atoms with Crippen molar-refractivity contribution < 1.29 is 27.4 Å². The van der Waals surface area contributed by atoms with Crippen LogP contribution in [-0.2, 0) is 48.8 Å². The first kappa shape index (κ1) is 30.1. The number of rotatable bonds is 14. The van der Waals surface area contributed by atoms with Crippen molar-refractivity contribution in [1.82, 2.24) is 10.3 Å². The maximum atomic E-state index is 13.1. The normalized spacial score (nSPS) is 20.5. The average molecular weight is 589 g/mol. The van der Waals surface area contributed by atoms with Crippen LogP contribution in [0.1, 0.15) is 22.3 Å². The van der Waals surface area contributed by atoms with Crippen LogP contribution in [0.15, 0.2) is 120 Å². The van der Waals surface area contributed by atoms with Gasteiger partial charge in [0.15, 0.2) is 6.23 Å². The van der Waals surface area contributed by atoms with Crippen LogP contribution in [0.5, 0.6) is 0 Å². The Bertz CT molecular complexity index is 1470. The van der Waals surface area contributed by atoms with Crippen LogP contribution in [-0.4, -0.2) is 39.6 Å². The van der Waals surface area contributed by atoms with Crippen molar-refractivity contribution in [3.8, 4) is 0 Å². The third kappa shape index (κ3) is 8.33. The van der Waals surface area contributed by atoms with Crippen LogP contribution in [0, 0.1) is 6.92 Å². The predicted molar refractivity (Wildman–Crippen MR) is 159 cm³/mol. The summed E-state index contributed by atoms with van der Waals surface area (Å²) in [5.74, 6) is 0. The number of hydrogen-bond acceptors (Lipinski definition) is 7. The summed E-state index contributed by atoms with van der Waals surface area (Å²) in [5, 5.41) is 0. The molecule has 1 fully saturated rings. The highest BCUT2D eigenvalue weighted by molar-refractivity contribution is 7.89. The summed E-state index contributed by atoms with van der Waals surface area (Å²) >= 11 is 0. The lowest BCUT2D eigenvalue weighted by molar-refractivity contribution is -0.0901. The molecular weight excluding hydrogens is 552 g/mol. The van der Waals surface area contributed by atoms with Gasteiger partial charge in [0.25, 0.3) is 10.0 Å². The van der Waals surface area contributed by atoms with E-state index >= 15 is 0 Å². The Morgan fingerprint density at radius 2 is 1.17 bits per heavy atom. The zero-order valence-electron chi connectivity index (χ0n) is 23.5. The van der Waals surface area contributed by atoms with Crippen molar-refractivity contribution in [2.45, 2.75) is 56.2 Å². The predicted octanol–water partition coefficient (Wildman–Crippen LogP) is 4.89. The van der Waals surface area contributed by atoms with Crippen LogP contribution in [0.4, 0.5) is 0 Å². The highest BCUT2D eigenvalue weighted by atomic mass is 32.2. The fourth-order valence-electron chi connectivity index (χ4n) is 4.67. The first-order chi connectivity index (χ1) is 20.5. The van der Waals surface area contributed by atoms with E-state index in [1.165, 1.54) is 0 Å². The van der Waals surface area contributed by atoms with Gasteiger partial charge in [0.2, 0.25) is 0 Å². The smallest absolute Gasteiger partial charge is 0.253 e. The summed E-state index contributed by atoms with van der Waals surface area (Å²) in [4.78, 5) is 2.62. The Hall–Kier alpha value is -3.41. The van der Waals surface area contributed by atoms with E-state index in [-0.39, 0.29) is 11.5 Å². The summed E-state index contributed by atoms with van der Waals surface area (Å²) in [6, 6.07) is 36.1. The third-order valence-corrected chi connectivity index (χ3v) is 8.22. The van der Waals surface area contributed by atoms with Gasteiger partial charge in [-0.05, 0) is 35.7 Å². The summed E-state index contributed by atoms with van der Waals surface area (Å²) < 4.78 is 51.3. The molecule has 0 saturated carbocycles. The van der Waals surface area contributed by atoms with Crippen LogP contribution < -0.4 is 10.3 Å². The molecule has 0 radical (unpaired) electrons. The second-order valence-electron chi connectivity index (χ2n) is 10.2. The molecule has 4 aromatic carbocycles. The minimum atomic E-state index is -3.87. The maximum Gasteiger partial charge on any atom is 0.253 e. The van der Waals surface area contributed by atoms with E-state index in [1.54, 1.807) is 24.3 Å². The molecule has 2 N–H and O–H groups in total. The van der Waals surface area contributed by atoms with Crippen molar-refractivity contribution in [2.75, 3.05) is 6.61 Å². The monoisotopic (exact) mass is 588 g/mol. The number of ether oxygens (including phenoxy) is 4. The number of aryl methyl sites for hydroxylation is 1. The zero-order valence-corrected chi connectivity index (χ0v) is 24.3. The van der Waals surface area contributed by atoms with Gasteiger partial charge in [-0.25, -0.2) is 13.8 Å². The van der Waals surface area contributed by atoms with Gasteiger partial charge >= 0.3 is 0 Å². The first-order valence-electron chi connectivity index (χ1n) is 13.9. The van der Waals surface area contributed by atoms with Crippen molar-refractivity contribution in [3.63, 3.8) is 0 Å². The SMILES string of the molecule is Cc1ccc(S(=O)(=O)NN[C@H]2O[C@H](COCc3ccccc3)[C@@H](OCc3ccccc3)[C@@H]2OCc2ccccc2)cc1. The molecule has 1 aliphatic heterocycles. The Morgan fingerprint density at radius 3 is 1.71 bits per heavy atom. The topological polar surface area (TPSA) is 95.1 Å². The molecule has 0 unspecified atom stereocenters. The molecule has 220 valence electrons. The van der Waals surface area contributed by atoms with Crippen LogP contribution in [0.3, 0.4) is 0 Å². The van der Waals surface area contributed by atoms with Crippen molar-refractivity contribution in [3.05, 3.63) is 138 Å². The second kappa shape index (κ2) is 14.7. The molecule has 0 bridgehead atoms. The van der Waals surface area contributed by atoms with Crippen LogP contribution in [0.2, 0.25) is 0 Å². The van der Waals surface area contributed by atoms with E-state index < -0.39 is 34.6 Å². The number of nitrogens with one attached hydrogen (secondary N) is 2. The third-order valence-electron chi connectivity index (χ3n) is 6.94. The fourth-order valence-corrected chi connectivity index (χ4v) is 5.56. The van der Waals surface area contributed by atoms with Gasteiger partial charge in [-0.1, -0.05) is 109 Å². The molecule has 0 amide bonds. The molecule has 0 aromatic heterocycles. The van der Waals surface area contributed by atoms with Crippen molar-refractivity contribution in [2.24, 2.45) is 0 Å². The van der Waals surface area contributed by atoms with E-state index in [9.17, 15) is 8.42 Å². The molecule has 4 atom stereocenters. The molecule has 42 heavy (non-hydrogen) atoms. The van der Waals surface area contributed by atoms with Gasteiger partial charge in [0, 0.05) is 0 Å². The fraction of sp³-hybridized carbons (Fsp3) is 0.273. The summed E-state index contributed by atoms with van der Waals surface area (Å²) in [7, 11) is -3.87. The van der Waals surface area contributed by atoms with Gasteiger partial charge in [-0.3, -0.25) is 0 Å². The first-order valence-corrected chi connectivity index (χ1v) is 15.4. The summed E-state index contributed by atoms with van der Waals surface area (Å²) in [5.41, 5.74) is 6.84. The van der Waals surface area contributed by atoms with Crippen molar-refractivity contribution >= 4 is 10.0 Å². The van der Waals surface area contributed by atoms with Gasteiger partial charge < -0.3 is 18.9 Å². The lowest BCUT2D eigenvalue weighted by atomic mass is 10.1. The highest BCUT2D eigenvalue weighted by Gasteiger charge is 2.47. The zero-order chi connectivity index (χ0) is 29.2. The largest absolute Gasteiger partial charge is 0.374 e. The average Bonchev–Trinajstić information content (AvgIpc) is 3.35.